The highest BCUT2D eigenvalue weighted by Crippen LogP contribution is 2.41. The molecule has 0 atom stereocenters. The van der Waals surface area contributed by atoms with Crippen molar-refractivity contribution in [3.63, 3.8) is 0 Å². The highest BCUT2D eigenvalue weighted by molar-refractivity contribution is 5.73. The molecular weight excluding hydrogens is 353 g/mol. The standard InChI is InChI=1S/C21H17F3N2O/c22-21(23,24)18-9-2-1-7-15(18)17-12-20(26-19-10-5-8-16(17)19)27-13-14-6-3-4-11-25-14/h1-4,6-7,9,11-12H,5,8,10,13H2. The molecule has 0 amide bonds. The summed E-state index contributed by atoms with van der Waals surface area (Å²) in [6.07, 6.45) is -0.394. The first kappa shape index (κ1) is 17.5. The molecule has 3 aromatic rings. The Hall–Kier alpha value is -2.89. The number of benzene rings is 1. The fraction of sp³-hybridized carbons (Fsp3) is 0.238. The lowest BCUT2D eigenvalue weighted by Gasteiger charge is -2.16. The minimum Gasteiger partial charge on any atom is -0.471 e. The molecule has 0 N–H and O–H groups in total. The summed E-state index contributed by atoms with van der Waals surface area (Å²) in [4.78, 5) is 8.71. The first-order valence-electron chi connectivity index (χ1n) is 8.74. The maximum Gasteiger partial charge on any atom is 0.417 e. The SMILES string of the molecule is FC(F)(F)c1ccccc1-c1cc(OCc2ccccn2)nc2c1CCC2. The zero-order chi connectivity index (χ0) is 18.9. The molecule has 2 aromatic heterocycles. The molecule has 2 heterocycles. The van der Waals surface area contributed by atoms with Gasteiger partial charge in [0.25, 0.3) is 0 Å². The van der Waals surface area contributed by atoms with E-state index in [0.29, 0.717) is 11.4 Å². The van der Waals surface area contributed by atoms with E-state index in [1.165, 1.54) is 12.1 Å². The summed E-state index contributed by atoms with van der Waals surface area (Å²) in [5.74, 6) is 0.327. The van der Waals surface area contributed by atoms with Crippen molar-refractivity contribution in [1.29, 1.82) is 0 Å². The fourth-order valence-electron chi connectivity index (χ4n) is 3.43. The van der Waals surface area contributed by atoms with E-state index in [1.807, 2.05) is 18.2 Å². The van der Waals surface area contributed by atoms with E-state index in [0.717, 1.165) is 42.3 Å². The number of fused-ring (bicyclic) bond motifs is 1. The maximum atomic E-state index is 13.5. The molecule has 0 unspecified atom stereocenters. The summed E-state index contributed by atoms with van der Waals surface area (Å²) in [6, 6.07) is 12.8. The van der Waals surface area contributed by atoms with Crippen LogP contribution in [0.1, 0.15) is 28.9 Å². The van der Waals surface area contributed by atoms with Gasteiger partial charge in [-0.25, -0.2) is 4.98 Å². The summed E-state index contributed by atoms with van der Waals surface area (Å²) in [7, 11) is 0. The minimum atomic E-state index is -4.42. The number of nitrogens with zero attached hydrogens (tertiary/aromatic N) is 2. The Bertz CT molecular complexity index is 955. The van der Waals surface area contributed by atoms with Crippen LogP contribution in [0, 0.1) is 0 Å². The van der Waals surface area contributed by atoms with E-state index in [4.69, 9.17) is 4.74 Å². The van der Waals surface area contributed by atoms with Crippen molar-refractivity contribution in [3.8, 4) is 17.0 Å². The van der Waals surface area contributed by atoms with Crippen LogP contribution in [0.15, 0.2) is 54.7 Å². The van der Waals surface area contributed by atoms with Crippen LogP contribution in [-0.2, 0) is 25.6 Å². The number of hydrogen-bond acceptors (Lipinski definition) is 3. The third-order valence-electron chi connectivity index (χ3n) is 4.64. The van der Waals surface area contributed by atoms with E-state index < -0.39 is 11.7 Å². The van der Waals surface area contributed by atoms with E-state index in [-0.39, 0.29) is 12.2 Å². The maximum absolute atomic E-state index is 13.5. The van der Waals surface area contributed by atoms with Gasteiger partial charge in [-0.15, -0.1) is 0 Å². The van der Waals surface area contributed by atoms with E-state index in [2.05, 4.69) is 9.97 Å². The highest BCUT2D eigenvalue weighted by atomic mass is 19.4. The van der Waals surface area contributed by atoms with Crippen molar-refractivity contribution < 1.29 is 17.9 Å². The van der Waals surface area contributed by atoms with Gasteiger partial charge >= 0.3 is 6.18 Å². The molecule has 0 fully saturated rings. The third kappa shape index (κ3) is 3.65. The van der Waals surface area contributed by atoms with E-state index >= 15 is 0 Å². The molecule has 1 aromatic carbocycles. The summed E-state index contributed by atoms with van der Waals surface area (Å²) in [5, 5.41) is 0. The number of hydrogen-bond donors (Lipinski definition) is 0. The highest BCUT2D eigenvalue weighted by Gasteiger charge is 2.34. The Morgan fingerprint density at radius 1 is 0.963 bits per heavy atom. The first-order chi connectivity index (χ1) is 13.0. The van der Waals surface area contributed by atoms with Gasteiger partial charge in [0.15, 0.2) is 0 Å². The second-order valence-electron chi connectivity index (χ2n) is 6.44. The normalized spacial score (nSPS) is 13.4. The second-order valence-corrected chi connectivity index (χ2v) is 6.44. The average Bonchev–Trinajstić information content (AvgIpc) is 3.14. The van der Waals surface area contributed by atoms with Crippen LogP contribution < -0.4 is 4.74 Å². The number of ether oxygens (including phenoxy) is 1. The molecule has 4 rings (SSSR count). The summed E-state index contributed by atoms with van der Waals surface area (Å²) >= 11 is 0. The Kier molecular flexibility index (Phi) is 4.56. The van der Waals surface area contributed by atoms with Crippen molar-refractivity contribution in [1.82, 2.24) is 9.97 Å². The van der Waals surface area contributed by atoms with Gasteiger partial charge in [-0.1, -0.05) is 24.3 Å². The van der Waals surface area contributed by atoms with Crippen molar-refractivity contribution in [2.24, 2.45) is 0 Å². The van der Waals surface area contributed by atoms with Crippen LogP contribution >= 0.6 is 0 Å². The van der Waals surface area contributed by atoms with Crippen LogP contribution in [0.2, 0.25) is 0 Å². The molecule has 0 radical (unpaired) electrons. The van der Waals surface area contributed by atoms with E-state index in [9.17, 15) is 13.2 Å². The molecule has 0 spiro atoms. The third-order valence-corrected chi connectivity index (χ3v) is 4.64. The van der Waals surface area contributed by atoms with Gasteiger partial charge in [0, 0.05) is 18.0 Å². The zero-order valence-corrected chi connectivity index (χ0v) is 14.5. The Morgan fingerprint density at radius 3 is 2.56 bits per heavy atom. The zero-order valence-electron chi connectivity index (χ0n) is 14.5. The largest absolute Gasteiger partial charge is 0.471 e. The number of aromatic nitrogens is 2. The first-order valence-corrected chi connectivity index (χ1v) is 8.74. The Balaban J connectivity index is 1.74. The molecule has 1 aliphatic carbocycles. The lowest BCUT2D eigenvalue weighted by molar-refractivity contribution is -0.137. The number of pyridine rings is 2. The molecular formula is C21H17F3N2O. The molecule has 138 valence electrons. The molecule has 1 aliphatic rings. The van der Waals surface area contributed by atoms with Gasteiger partial charge in [0.1, 0.15) is 6.61 Å². The quantitative estimate of drug-likeness (QED) is 0.631. The second kappa shape index (κ2) is 7.02. The van der Waals surface area contributed by atoms with Crippen molar-refractivity contribution >= 4 is 0 Å². The van der Waals surface area contributed by atoms with Crippen LogP contribution in [0.5, 0.6) is 5.88 Å². The molecule has 0 bridgehead atoms. The molecule has 0 aliphatic heterocycles. The molecule has 27 heavy (non-hydrogen) atoms. The topological polar surface area (TPSA) is 35.0 Å². The molecule has 0 saturated carbocycles. The summed E-state index contributed by atoms with van der Waals surface area (Å²) in [6.45, 7) is 0.215. The van der Waals surface area contributed by atoms with Gasteiger partial charge in [-0.2, -0.15) is 13.2 Å². The lowest BCUT2D eigenvalue weighted by atomic mass is 9.95. The van der Waals surface area contributed by atoms with Crippen LogP contribution in [0.3, 0.4) is 0 Å². The van der Waals surface area contributed by atoms with Crippen molar-refractivity contribution in [2.75, 3.05) is 0 Å². The molecule has 3 nitrogen and oxygen atoms in total. The van der Waals surface area contributed by atoms with Crippen molar-refractivity contribution in [3.05, 3.63) is 77.2 Å². The van der Waals surface area contributed by atoms with Gasteiger partial charge < -0.3 is 4.74 Å². The monoisotopic (exact) mass is 370 g/mol. The molecule has 0 saturated heterocycles. The smallest absolute Gasteiger partial charge is 0.417 e. The van der Waals surface area contributed by atoms with Gasteiger partial charge in [0.2, 0.25) is 5.88 Å². The summed E-state index contributed by atoms with van der Waals surface area (Å²) in [5.41, 5.74) is 2.53. The number of rotatable bonds is 4. The Labute approximate surface area is 154 Å². The molecule has 6 heteroatoms. The lowest BCUT2D eigenvalue weighted by Crippen LogP contribution is -2.08. The Morgan fingerprint density at radius 2 is 1.78 bits per heavy atom. The van der Waals surface area contributed by atoms with Crippen LogP contribution in [-0.4, -0.2) is 9.97 Å². The minimum absolute atomic E-state index is 0.174. The number of aryl methyl sites for hydroxylation is 1. The fourth-order valence-corrected chi connectivity index (χ4v) is 3.43. The predicted molar refractivity (Wildman–Crippen MR) is 95.3 cm³/mol. The predicted octanol–water partition coefficient (Wildman–Crippen LogP) is 5.23. The summed E-state index contributed by atoms with van der Waals surface area (Å²) < 4.78 is 46.3. The number of halogens is 3. The van der Waals surface area contributed by atoms with Gasteiger partial charge in [-0.05, 0) is 54.2 Å². The van der Waals surface area contributed by atoms with Crippen LogP contribution in [0.4, 0.5) is 13.2 Å². The van der Waals surface area contributed by atoms with Crippen molar-refractivity contribution in [2.45, 2.75) is 32.0 Å². The van der Waals surface area contributed by atoms with Crippen LogP contribution in [0.25, 0.3) is 11.1 Å². The number of alkyl halides is 3. The van der Waals surface area contributed by atoms with Gasteiger partial charge in [0.05, 0.1) is 11.3 Å². The average molecular weight is 370 g/mol. The van der Waals surface area contributed by atoms with Gasteiger partial charge in [-0.3, -0.25) is 4.98 Å². The van der Waals surface area contributed by atoms with E-state index in [1.54, 1.807) is 18.3 Å².